The van der Waals surface area contributed by atoms with Gasteiger partial charge >= 0.3 is 6.18 Å². The molecule has 0 saturated heterocycles. The summed E-state index contributed by atoms with van der Waals surface area (Å²) < 4.78 is 49.3. The minimum atomic E-state index is -4.46. The first-order chi connectivity index (χ1) is 15.3. The van der Waals surface area contributed by atoms with Crippen molar-refractivity contribution in [2.75, 3.05) is 18.2 Å². The fourth-order valence-corrected chi connectivity index (χ4v) is 3.17. The Morgan fingerprint density at radius 2 is 1.97 bits per heavy atom. The van der Waals surface area contributed by atoms with Crippen molar-refractivity contribution in [1.82, 2.24) is 0 Å². The lowest BCUT2D eigenvalue weighted by Gasteiger charge is -2.28. The van der Waals surface area contributed by atoms with Crippen molar-refractivity contribution in [3.8, 4) is 0 Å². The van der Waals surface area contributed by atoms with Crippen LogP contribution in [0.5, 0.6) is 0 Å². The van der Waals surface area contributed by atoms with Crippen LogP contribution in [0.1, 0.15) is 33.1 Å². The summed E-state index contributed by atoms with van der Waals surface area (Å²) in [6.07, 6.45) is 3.70. The molecule has 0 spiro atoms. The van der Waals surface area contributed by atoms with Crippen LogP contribution in [0.2, 0.25) is 0 Å². The Kier molecular flexibility index (Phi) is 9.93. The lowest BCUT2D eigenvalue weighted by atomic mass is 10.1. The van der Waals surface area contributed by atoms with Gasteiger partial charge in [0.2, 0.25) is 0 Å². The van der Waals surface area contributed by atoms with Crippen LogP contribution in [0.25, 0.3) is 0 Å². The zero-order valence-corrected chi connectivity index (χ0v) is 19.0. The van der Waals surface area contributed by atoms with Gasteiger partial charge < -0.3 is 9.47 Å². The van der Waals surface area contributed by atoms with E-state index in [-0.39, 0.29) is 6.42 Å². The van der Waals surface area contributed by atoms with E-state index in [0.717, 1.165) is 41.0 Å². The van der Waals surface area contributed by atoms with E-state index < -0.39 is 11.9 Å². The van der Waals surface area contributed by atoms with E-state index in [2.05, 4.69) is 11.7 Å². The van der Waals surface area contributed by atoms with Gasteiger partial charge in [-0.25, -0.2) is 5.01 Å². The number of alkyl halides is 3. The Balaban J connectivity index is 0.000000380. The molecule has 9 heteroatoms. The van der Waals surface area contributed by atoms with Gasteiger partial charge in [0.15, 0.2) is 0 Å². The first kappa shape index (κ1) is 25.6. The van der Waals surface area contributed by atoms with Crippen LogP contribution in [0.3, 0.4) is 0 Å². The third-order valence-corrected chi connectivity index (χ3v) is 5.02. The third-order valence-electron chi connectivity index (χ3n) is 4.47. The van der Waals surface area contributed by atoms with Crippen molar-refractivity contribution in [3.63, 3.8) is 0 Å². The lowest BCUT2D eigenvalue weighted by molar-refractivity contribution is -0.0603. The van der Waals surface area contributed by atoms with E-state index >= 15 is 0 Å². The van der Waals surface area contributed by atoms with Crippen LogP contribution < -0.4 is 10.1 Å². The first-order valence-corrected chi connectivity index (χ1v) is 11.1. The Bertz CT molecular complexity index is 891. The minimum Gasteiger partial charge on any atom is -0.494 e. The van der Waals surface area contributed by atoms with Crippen LogP contribution in [0.15, 0.2) is 82.4 Å². The fourth-order valence-electron chi connectivity index (χ4n) is 2.88. The maximum absolute atomic E-state index is 13.1. The van der Waals surface area contributed by atoms with Gasteiger partial charge in [0, 0.05) is 17.7 Å². The predicted molar refractivity (Wildman–Crippen MR) is 124 cm³/mol. The monoisotopic (exact) mass is 467 g/mol. The number of rotatable bonds is 6. The molecule has 32 heavy (non-hydrogen) atoms. The van der Waals surface area contributed by atoms with E-state index in [9.17, 15) is 13.2 Å². The molecule has 0 amide bonds. The first-order valence-electron chi connectivity index (χ1n) is 10.2. The number of hydrogen-bond acceptors (Lipinski definition) is 6. The third kappa shape index (κ3) is 7.20. The summed E-state index contributed by atoms with van der Waals surface area (Å²) in [6.45, 7) is 9.15. The van der Waals surface area contributed by atoms with Crippen LogP contribution in [0.4, 0.5) is 18.9 Å². The molecule has 0 fully saturated rings. The highest BCUT2D eigenvalue weighted by atomic mass is 32.2. The van der Waals surface area contributed by atoms with E-state index in [0.29, 0.717) is 24.6 Å². The van der Waals surface area contributed by atoms with Crippen LogP contribution in [0, 0.1) is 0 Å². The van der Waals surface area contributed by atoms with Crippen molar-refractivity contribution in [2.45, 2.75) is 44.2 Å². The molecule has 0 aromatic heterocycles. The number of allylic oxidation sites excluding steroid dienone is 4. The number of hydrazone groups is 1. The Labute approximate surface area is 191 Å². The molecule has 1 aromatic carbocycles. The van der Waals surface area contributed by atoms with Crippen molar-refractivity contribution >= 4 is 23.3 Å². The molecule has 0 radical (unpaired) electrons. The second kappa shape index (κ2) is 12.4. The summed E-state index contributed by atoms with van der Waals surface area (Å²) in [5, 5.41) is 10.6. The maximum atomic E-state index is 13.1. The normalized spacial score (nSPS) is 16.5. The van der Waals surface area contributed by atoms with E-state index in [1.54, 1.807) is 36.6 Å². The SMILES string of the molecule is C=C/C(=C\CC)C1=CCC(C(F)(F)F)=NN1c1ccc(SN)cc1.CCC1=COCCO1. The summed E-state index contributed by atoms with van der Waals surface area (Å²) in [5.41, 5.74) is 1.04. The van der Waals surface area contributed by atoms with Gasteiger partial charge in [0.25, 0.3) is 0 Å². The fraction of sp³-hybridized carbons (Fsp3) is 0.348. The molecule has 5 nitrogen and oxygen atoms in total. The number of hydrogen-bond donors (Lipinski definition) is 1. The molecule has 0 unspecified atom stereocenters. The number of nitrogens with zero attached hydrogens (tertiary/aromatic N) is 2. The van der Waals surface area contributed by atoms with Gasteiger partial charge in [0.1, 0.15) is 30.9 Å². The van der Waals surface area contributed by atoms with Gasteiger partial charge in [-0.2, -0.15) is 18.3 Å². The van der Waals surface area contributed by atoms with Gasteiger partial charge in [-0.1, -0.05) is 38.7 Å². The Morgan fingerprint density at radius 3 is 2.44 bits per heavy atom. The van der Waals surface area contributed by atoms with Crippen molar-refractivity contribution in [3.05, 3.63) is 72.4 Å². The molecule has 174 valence electrons. The van der Waals surface area contributed by atoms with Crippen LogP contribution in [-0.2, 0) is 9.47 Å². The topological polar surface area (TPSA) is 60.1 Å². The molecule has 0 bridgehead atoms. The molecule has 2 aliphatic heterocycles. The zero-order valence-electron chi connectivity index (χ0n) is 18.2. The standard InChI is InChI=1S/C17H18F3N3S.C6H10O2/c1-3-5-12(4-2)15-10-11-16(17(18,19)20)22-23(15)13-6-8-14(24-21)9-7-13;1-2-6-5-7-3-4-8-6/h4-10H,2-3,11,21H2,1H3;5H,2-4H2,1H3/b12-5+;. The largest absolute Gasteiger partial charge is 0.494 e. The van der Waals surface area contributed by atoms with E-state index in [1.807, 2.05) is 19.9 Å². The molecule has 2 heterocycles. The molecule has 2 aliphatic rings. The second-order valence-corrected chi connectivity index (χ2v) is 7.40. The second-order valence-electron chi connectivity index (χ2n) is 6.69. The predicted octanol–water partition coefficient (Wildman–Crippen LogP) is 6.47. The number of halogens is 3. The molecule has 0 saturated carbocycles. The summed E-state index contributed by atoms with van der Waals surface area (Å²) in [4.78, 5) is 0.814. The number of benzene rings is 1. The van der Waals surface area contributed by atoms with Crippen LogP contribution >= 0.6 is 11.9 Å². The Morgan fingerprint density at radius 1 is 1.25 bits per heavy atom. The van der Waals surface area contributed by atoms with Crippen molar-refractivity contribution < 1.29 is 22.6 Å². The van der Waals surface area contributed by atoms with E-state index in [4.69, 9.17) is 14.6 Å². The zero-order chi connectivity index (χ0) is 23.6. The highest BCUT2D eigenvalue weighted by molar-refractivity contribution is 7.97. The number of ether oxygens (including phenoxy) is 2. The van der Waals surface area contributed by atoms with Crippen molar-refractivity contribution in [2.24, 2.45) is 10.2 Å². The summed E-state index contributed by atoms with van der Waals surface area (Å²) in [7, 11) is 0. The summed E-state index contributed by atoms with van der Waals surface area (Å²) in [6, 6.07) is 6.87. The quantitative estimate of drug-likeness (QED) is 0.384. The maximum Gasteiger partial charge on any atom is 0.431 e. The van der Waals surface area contributed by atoms with Crippen molar-refractivity contribution in [1.29, 1.82) is 0 Å². The van der Waals surface area contributed by atoms with Gasteiger partial charge in [-0.3, -0.25) is 5.14 Å². The van der Waals surface area contributed by atoms with Gasteiger partial charge in [-0.15, -0.1) is 0 Å². The van der Waals surface area contributed by atoms with Gasteiger partial charge in [0.05, 0.1) is 11.4 Å². The molecule has 3 rings (SSSR count). The highest BCUT2D eigenvalue weighted by Gasteiger charge is 2.38. The lowest BCUT2D eigenvalue weighted by Crippen LogP contribution is -2.31. The molecule has 0 aliphatic carbocycles. The average molecular weight is 468 g/mol. The molecule has 2 N–H and O–H groups in total. The summed E-state index contributed by atoms with van der Waals surface area (Å²) >= 11 is 1.07. The number of anilines is 1. The molecule has 0 atom stereocenters. The number of nitrogens with two attached hydrogens (primary N) is 1. The minimum absolute atomic E-state index is 0.263. The Hall–Kier alpha value is -2.65. The highest BCUT2D eigenvalue weighted by Crippen LogP contribution is 2.33. The van der Waals surface area contributed by atoms with Crippen LogP contribution in [-0.4, -0.2) is 25.1 Å². The molecular weight excluding hydrogens is 439 g/mol. The van der Waals surface area contributed by atoms with Gasteiger partial charge in [-0.05, 0) is 48.2 Å². The van der Waals surface area contributed by atoms with E-state index in [1.165, 1.54) is 11.1 Å². The molecular formula is C23H28F3N3O2S. The average Bonchev–Trinajstić information content (AvgIpc) is 2.82. The molecule has 1 aromatic rings. The summed E-state index contributed by atoms with van der Waals surface area (Å²) in [5.74, 6) is 0.955. The smallest absolute Gasteiger partial charge is 0.431 e.